The van der Waals surface area contributed by atoms with Crippen LogP contribution < -0.4 is 10.6 Å². The van der Waals surface area contributed by atoms with E-state index >= 15 is 0 Å². The van der Waals surface area contributed by atoms with Crippen LogP contribution in [0, 0.1) is 0 Å². The normalized spacial score (nSPS) is 13.3. The third kappa shape index (κ3) is 6.90. The van der Waals surface area contributed by atoms with Gasteiger partial charge >= 0.3 is 5.97 Å². The second-order valence-corrected chi connectivity index (χ2v) is 10.5. The van der Waals surface area contributed by atoms with E-state index in [1.54, 1.807) is 12.1 Å². The molecule has 0 aromatic heterocycles. The summed E-state index contributed by atoms with van der Waals surface area (Å²) in [7, 11) is -3.32. The van der Waals surface area contributed by atoms with Crippen LogP contribution in [-0.4, -0.2) is 18.2 Å². The first kappa shape index (κ1) is 25.0. The van der Waals surface area contributed by atoms with Crippen LogP contribution >= 0.6 is 7.37 Å². The fourth-order valence-corrected chi connectivity index (χ4v) is 6.18. The lowest BCUT2D eigenvalue weighted by atomic mass is 10.0. The standard InChI is InChI=1S/C28H33O4P/c1-3-14-24(31-28(29)23-16-8-5-9-17-23)22-25(15-4-2)32-33(30,26-18-10-6-11-19-26)27-20-12-7-13-21-27/h5-13,16-21,24-25H,3-4,14-15,22H2,1-2H3. The van der Waals surface area contributed by atoms with Crippen molar-refractivity contribution in [1.29, 1.82) is 0 Å². The molecule has 0 aliphatic carbocycles. The minimum atomic E-state index is -3.32. The Morgan fingerprint density at radius 3 is 1.67 bits per heavy atom. The maximum Gasteiger partial charge on any atom is 0.338 e. The van der Waals surface area contributed by atoms with Gasteiger partial charge in [-0.3, -0.25) is 4.57 Å². The van der Waals surface area contributed by atoms with Gasteiger partial charge in [0.05, 0.1) is 11.7 Å². The average molecular weight is 465 g/mol. The highest BCUT2D eigenvalue weighted by Gasteiger charge is 2.33. The van der Waals surface area contributed by atoms with Gasteiger partial charge in [0.15, 0.2) is 0 Å². The Morgan fingerprint density at radius 1 is 0.727 bits per heavy atom. The number of hydrogen-bond donors (Lipinski definition) is 0. The Balaban J connectivity index is 1.84. The Kier molecular flexibility index (Phi) is 9.47. The van der Waals surface area contributed by atoms with Gasteiger partial charge in [0.1, 0.15) is 6.10 Å². The lowest BCUT2D eigenvalue weighted by Gasteiger charge is -2.28. The predicted octanol–water partition coefficient (Wildman–Crippen LogP) is 6.52. The third-order valence-electron chi connectivity index (χ3n) is 5.52. The van der Waals surface area contributed by atoms with Gasteiger partial charge in [-0.05, 0) is 49.2 Å². The Morgan fingerprint density at radius 2 is 1.18 bits per heavy atom. The van der Waals surface area contributed by atoms with E-state index in [2.05, 4.69) is 13.8 Å². The molecule has 0 spiro atoms. The maximum atomic E-state index is 14.4. The summed E-state index contributed by atoms with van der Waals surface area (Å²) in [5.74, 6) is -0.335. The zero-order valence-electron chi connectivity index (χ0n) is 19.4. The molecule has 174 valence electrons. The van der Waals surface area contributed by atoms with Crippen molar-refractivity contribution in [2.75, 3.05) is 0 Å². The molecule has 5 heteroatoms. The van der Waals surface area contributed by atoms with Crippen molar-refractivity contribution >= 4 is 23.9 Å². The van der Waals surface area contributed by atoms with Crippen molar-refractivity contribution in [3.05, 3.63) is 96.6 Å². The lowest BCUT2D eigenvalue weighted by Crippen LogP contribution is -2.28. The molecule has 3 rings (SSSR count). The van der Waals surface area contributed by atoms with Gasteiger partial charge in [-0.1, -0.05) is 81.3 Å². The SMILES string of the molecule is CCCC(CC(CCC)OP(=O)(c1ccccc1)c1ccccc1)OC(=O)c1ccccc1. The summed E-state index contributed by atoms with van der Waals surface area (Å²) in [5, 5.41) is 1.34. The second-order valence-electron chi connectivity index (χ2n) is 8.16. The first-order valence-corrected chi connectivity index (χ1v) is 13.3. The number of hydrogen-bond acceptors (Lipinski definition) is 4. The second kappa shape index (κ2) is 12.5. The number of ether oxygens (including phenoxy) is 1. The van der Waals surface area contributed by atoms with Crippen molar-refractivity contribution in [3.63, 3.8) is 0 Å². The number of esters is 1. The Labute approximate surface area is 197 Å². The molecule has 0 amide bonds. The summed E-state index contributed by atoms with van der Waals surface area (Å²) in [6.07, 6.45) is 3.10. The van der Waals surface area contributed by atoms with Crippen LogP contribution in [-0.2, 0) is 13.8 Å². The van der Waals surface area contributed by atoms with Crippen molar-refractivity contribution in [3.8, 4) is 0 Å². The van der Waals surface area contributed by atoms with Crippen LogP contribution in [0.2, 0.25) is 0 Å². The van der Waals surface area contributed by atoms with Gasteiger partial charge in [0, 0.05) is 17.0 Å². The average Bonchev–Trinajstić information content (AvgIpc) is 2.86. The molecule has 0 radical (unpaired) electrons. The van der Waals surface area contributed by atoms with E-state index < -0.39 is 7.37 Å². The van der Waals surface area contributed by atoms with Crippen LogP contribution in [0.4, 0.5) is 0 Å². The van der Waals surface area contributed by atoms with E-state index in [1.165, 1.54) is 0 Å². The molecule has 0 aliphatic rings. The van der Waals surface area contributed by atoms with Gasteiger partial charge in [0.25, 0.3) is 7.37 Å². The highest BCUT2D eigenvalue weighted by molar-refractivity contribution is 7.74. The fraction of sp³-hybridized carbons (Fsp3) is 0.321. The zero-order chi connectivity index (χ0) is 23.5. The van der Waals surface area contributed by atoms with E-state index in [9.17, 15) is 9.36 Å². The number of carbonyl (C=O) groups is 1. The largest absolute Gasteiger partial charge is 0.459 e. The van der Waals surface area contributed by atoms with Crippen molar-refractivity contribution in [2.45, 2.75) is 58.2 Å². The van der Waals surface area contributed by atoms with Gasteiger partial charge in [0.2, 0.25) is 0 Å². The Bertz CT molecular complexity index is 978. The molecule has 2 unspecified atom stereocenters. The summed E-state index contributed by atoms with van der Waals surface area (Å²) in [6, 6.07) is 27.8. The summed E-state index contributed by atoms with van der Waals surface area (Å²) in [4.78, 5) is 12.7. The minimum Gasteiger partial charge on any atom is -0.459 e. The molecular weight excluding hydrogens is 431 g/mol. The van der Waals surface area contributed by atoms with Crippen LogP contribution in [0.5, 0.6) is 0 Å². The van der Waals surface area contributed by atoms with Gasteiger partial charge in [-0.25, -0.2) is 4.79 Å². The molecule has 0 bridgehead atoms. The van der Waals surface area contributed by atoms with Crippen molar-refractivity contribution < 1.29 is 18.6 Å². The summed E-state index contributed by atoms with van der Waals surface area (Å²) >= 11 is 0. The lowest BCUT2D eigenvalue weighted by molar-refractivity contribution is 0.0149. The Hall–Kier alpha value is -2.68. The number of carbonyl (C=O) groups excluding carboxylic acids is 1. The van der Waals surface area contributed by atoms with Gasteiger partial charge < -0.3 is 9.26 Å². The third-order valence-corrected chi connectivity index (χ3v) is 8.07. The number of benzene rings is 3. The van der Waals surface area contributed by atoms with Crippen molar-refractivity contribution in [2.24, 2.45) is 0 Å². The molecule has 33 heavy (non-hydrogen) atoms. The van der Waals surface area contributed by atoms with Crippen LogP contribution in [0.25, 0.3) is 0 Å². The summed E-state index contributed by atoms with van der Waals surface area (Å²) in [5.41, 5.74) is 0.533. The quantitative estimate of drug-likeness (QED) is 0.226. The molecule has 0 heterocycles. The zero-order valence-corrected chi connectivity index (χ0v) is 20.3. The molecule has 4 nitrogen and oxygen atoms in total. The maximum absolute atomic E-state index is 14.4. The van der Waals surface area contributed by atoms with Crippen LogP contribution in [0.3, 0.4) is 0 Å². The van der Waals surface area contributed by atoms with Crippen LogP contribution in [0.15, 0.2) is 91.0 Å². The molecule has 0 N–H and O–H groups in total. The molecule has 0 saturated heterocycles. The minimum absolute atomic E-state index is 0.304. The number of rotatable bonds is 12. The molecule has 0 saturated carbocycles. The smallest absolute Gasteiger partial charge is 0.338 e. The van der Waals surface area contributed by atoms with E-state index in [-0.39, 0.29) is 18.2 Å². The van der Waals surface area contributed by atoms with E-state index in [0.29, 0.717) is 22.6 Å². The molecule has 3 aromatic carbocycles. The molecule has 2 atom stereocenters. The van der Waals surface area contributed by atoms with E-state index in [0.717, 1.165) is 25.7 Å². The molecule has 0 aliphatic heterocycles. The monoisotopic (exact) mass is 464 g/mol. The fourth-order valence-electron chi connectivity index (χ4n) is 3.90. The van der Waals surface area contributed by atoms with E-state index in [1.807, 2.05) is 78.9 Å². The molecular formula is C28H33O4P. The first-order valence-electron chi connectivity index (χ1n) is 11.7. The van der Waals surface area contributed by atoms with Gasteiger partial charge in [-0.15, -0.1) is 0 Å². The first-order chi connectivity index (χ1) is 16.1. The van der Waals surface area contributed by atoms with Crippen molar-refractivity contribution in [1.82, 2.24) is 0 Å². The highest BCUT2D eigenvalue weighted by Crippen LogP contribution is 2.47. The van der Waals surface area contributed by atoms with Gasteiger partial charge in [-0.2, -0.15) is 0 Å². The van der Waals surface area contributed by atoms with Crippen LogP contribution in [0.1, 0.15) is 56.3 Å². The summed E-state index contributed by atoms with van der Waals surface area (Å²) in [6.45, 7) is 4.15. The highest BCUT2D eigenvalue weighted by atomic mass is 31.2. The molecule has 0 fully saturated rings. The van der Waals surface area contributed by atoms with E-state index in [4.69, 9.17) is 9.26 Å². The predicted molar refractivity (Wildman–Crippen MR) is 135 cm³/mol. The molecule has 3 aromatic rings. The topological polar surface area (TPSA) is 52.6 Å². The summed E-state index contributed by atoms with van der Waals surface area (Å²) < 4.78 is 26.7.